The minimum atomic E-state index is -0.698. The Labute approximate surface area is 187 Å². The molecule has 0 heterocycles. The summed E-state index contributed by atoms with van der Waals surface area (Å²) >= 11 is 0. The Hall–Kier alpha value is -1.10. The molecule has 0 saturated heterocycles. The van der Waals surface area contributed by atoms with Crippen LogP contribution in [0.5, 0.6) is 0 Å². The molecule has 0 aromatic carbocycles. The van der Waals surface area contributed by atoms with E-state index in [0.29, 0.717) is 35.5 Å². The smallest absolute Gasteiger partial charge is 0.303 e. The summed E-state index contributed by atoms with van der Waals surface area (Å²) in [7, 11) is 0. The predicted octanol–water partition coefficient (Wildman–Crippen LogP) is 5.05. The zero-order valence-electron chi connectivity index (χ0n) is 19.8. The van der Waals surface area contributed by atoms with Crippen molar-refractivity contribution in [2.75, 3.05) is 0 Å². The van der Waals surface area contributed by atoms with E-state index in [-0.39, 0.29) is 35.4 Å². The molecular weight excluding hydrogens is 392 g/mol. The van der Waals surface area contributed by atoms with Crippen molar-refractivity contribution in [3.05, 3.63) is 0 Å². The van der Waals surface area contributed by atoms with Crippen molar-refractivity contribution < 1.29 is 24.5 Å². The van der Waals surface area contributed by atoms with E-state index in [0.717, 1.165) is 38.5 Å². The lowest BCUT2D eigenvalue weighted by Crippen LogP contribution is -2.59. The molecule has 4 fully saturated rings. The van der Waals surface area contributed by atoms with E-state index in [9.17, 15) is 14.7 Å². The van der Waals surface area contributed by atoms with Crippen molar-refractivity contribution >= 4 is 11.9 Å². The zero-order valence-corrected chi connectivity index (χ0v) is 19.8. The average molecular weight is 435 g/mol. The molecule has 0 radical (unpaired) electrons. The lowest BCUT2D eigenvalue weighted by atomic mass is 9.43. The van der Waals surface area contributed by atoms with Gasteiger partial charge in [-0.3, -0.25) is 9.59 Å². The minimum absolute atomic E-state index is 0.0384. The Balaban J connectivity index is 1.62. The first-order valence-electron chi connectivity index (χ1n) is 12.6. The Morgan fingerprint density at radius 3 is 2.39 bits per heavy atom. The van der Waals surface area contributed by atoms with Gasteiger partial charge in [-0.1, -0.05) is 20.8 Å². The third-order valence-corrected chi connectivity index (χ3v) is 10.5. The maximum absolute atomic E-state index is 12.1. The number of carbonyl (C=O) groups excluding carboxylic acids is 1. The normalized spacial score (nSPS) is 47.6. The van der Waals surface area contributed by atoms with Gasteiger partial charge in [-0.15, -0.1) is 0 Å². The van der Waals surface area contributed by atoms with Crippen LogP contribution in [0.15, 0.2) is 0 Å². The van der Waals surface area contributed by atoms with Crippen LogP contribution in [0.4, 0.5) is 0 Å². The van der Waals surface area contributed by atoms with Crippen LogP contribution >= 0.6 is 0 Å². The Kier molecular flexibility index (Phi) is 6.22. The third-order valence-electron chi connectivity index (χ3n) is 10.5. The first-order valence-corrected chi connectivity index (χ1v) is 12.6. The lowest BCUT2D eigenvalue weighted by Gasteiger charge is -2.62. The lowest BCUT2D eigenvalue weighted by molar-refractivity contribution is -0.194. The summed E-state index contributed by atoms with van der Waals surface area (Å²) in [5.41, 5.74) is 0.434. The molecule has 0 aromatic heterocycles. The fourth-order valence-corrected chi connectivity index (χ4v) is 9.04. The molecule has 31 heavy (non-hydrogen) atoms. The van der Waals surface area contributed by atoms with Gasteiger partial charge in [0.25, 0.3) is 0 Å². The molecule has 3 unspecified atom stereocenters. The topological polar surface area (TPSA) is 83.8 Å². The summed E-state index contributed by atoms with van der Waals surface area (Å²) in [6.45, 7) is 8.69. The highest BCUT2D eigenvalue weighted by Crippen LogP contribution is 2.68. The number of rotatable bonds is 5. The van der Waals surface area contributed by atoms with E-state index >= 15 is 0 Å². The van der Waals surface area contributed by atoms with E-state index in [1.54, 1.807) is 0 Å². The molecule has 0 aliphatic heterocycles. The van der Waals surface area contributed by atoms with Gasteiger partial charge in [0.15, 0.2) is 0 Å². The third kappa shape index (κ3) is 3.94. The molecule has 5 nitrogen and oxygen atoms in total. The van der Waals surface area contributed by atoms with Crippen LogP contribution in [0, 0.1) is 46.3 Å². The number of fused-ring (bicyclic) bond motifs is 5. The number of carboxylic acids is 1. The van der Waals surface area contributed by atoms with Gasteiger partial charge in [-0.2, -0.15) is 0 Å². The fraction of sp³-hybridized carbons (Fsp3) is 0.923. The first kappa shape index (κ1) is 23.1. The highest BCUT2D eigenvalue weighted by Gasteiger charge is 2.63. The number of aliphatic carboxylic acids is 1. The van der Waals surface area contributed by atoms with Gasteiger partial charge in [-0.05, 0) is 98.2 Å². The maximum atomic E-state index is 12.1. The number of esters is 1. The van der Waals surface area contributed by atoms with Crippen LogP contribution in [-0.4, -0.2) is 34.4 Å². The molecule has 4 aliphatic carbocycles. The van der Waals surface area contributed by atoms with Crippen molar-refractivity contribution in [2.45, 2.75) is 104 Å². The molecular formula is C26H42O5. The number of carbonyl (C=O) groups is 2. The first-order chi connectivity index (χ1) is 14.6. The largest absolute Gasteiger partial charge is 0.481 e. The molecule has 4 rings (SSSR count). The summed E-state index contributed by atoms with van der Waals surface area (Å²) in [5.74, 6) is 2.00. The zero-order chi connectivity index (χ0) is 22.6. The second-order valence-corrected chi connectivity index (χ2v) is 11.9. The van der Waals surface area contributed by atoms with Crippen molar-refractivity contribution in [3.63, 3.8) is 0 Å². The second kappa shape index (κ2) is 8.35. The van der Waals surface area contributed by atoms with E-state index < -0.39 is 5.97 Å². The highest BCUT2D eigenvalue weighted by atomic mass is 16.5. The van der Waals surface area contributed by atoms with E-state index in [2.05, 4.69) is 20.8 Å². The van der Waals surface area contributed by atoms with Crippen LogP contribution in [0.2, 0.25) is 0 Å². The molecule has 5 heteroatoms. The van der Waals surface area contributed by atoms with Crippen LogP contribution in [-0.2, 0) is 14.3 Å². The molecule has 0 aromatic rings. The van der Waals surface area contributed by atoms with Crippen molar-refractivity contribution in [1.82, 2.24) is 0 Å². The Morgan fingerprint density at radius 2 is 1.71 bits per heavy atom. The van der Waals surface area contributed by atoms with Crippen molar-refractivity contribution in [3.8, 4) is 0 Å². The van der Waals surface area contributed by atoms with Gasteiger partial charge in [0.1, 0.15) is 6.10 Å². The summed E-state index contributed by atoms with van der Waals surface area (Å²) in [6.07, 6.45) is 9.14. The van der Waals surface area contributed by atoms with Crippen LogP contribution in [0.1, 0.15) is 91.9 Å². The van der Waals surface area contributed by atoms with Crippen LogP contribution in [0.3, 0.4) is 0 Å². The summed E-state index contributed by atoms with van der Waals surface area (Å²) in [4.78, 5) is 23.2. The Bertz CT molecular complexity index is 706. The quantitative estimate of drug-likeness (QED) is 0.592. The van der Waals surface area contributed by atoms with E-state index in [1.807, 2.05) is 0 Å². The molecule has 176 valence electrons. The van der Waals surface area contributed by atoms with Crippen molar-refractivity contribution in [1.29, 1.82) is 0 Å². The predicted molar refractivity (Wildman–Crippen MR) is 118 cm³/mol. The minimum Gasteiger partial charge on any atom is -0.481 e. The van der Waals surface area contributed by atoms with Gasteiger partial charge in [-0.25, -0.2) is 0 Å². The highest BCUT2D eigenvalue weighted by molar-refractivity contribution is 5.66. The summed E-state index contributed by atoms with van der Waals surface area (Å²) < 4.78 is 6.02. The molecule has 4 aliphatic rings. The maximum Gasteiger partial charge on any atom is 0.303 e. The van der Waals surface area contributed by atoms with Gasteiger partial charge < -0.3 is 14.9 Å². The molecule has 4 saturated carbocycles. The number of hydrogen-bond donors (Lipinski definition) is 2. The number of carboxylic acid groups (broad SMARTS) is 1. The van der Waals surface area contributed by atoms with Crippen LogP contribution in [0.25, 0.3) is 0 Å². The van der Waals surface area contributed by atoms with Gasteiger partial charge in [0.2, 0.25) is 0 Å². The number of aliphatic hydroxyl groups is 1. The monoisotopic (exact) mass is 434 g/mol. The molecule has 2 N–H and O–H groups in total. The fourth-order valence-electron chi connectivity index (χ4n) is 9.04. The standard InChI is InChI=1S/C26H42O5/c1-15(5-8-23(29)30)19-6-7-20-24-21(10-12-26(19,20)4)25(3)11-9-18(28)13-17(25)14-22(24)31-16(2)27/h15,17-22,24,28H,5-14H2,1-4H3,(H,29,30)/t15-,17+,18-,19-,20?,21?,22-,24?,25+,26-/m1/s1. The molecule has 0 amide bonds. The van der Waals surface area contributed by atoms with Gasteiger partial charge in [0.05, 0.1) is 6.10 Å². The second-order valence-electron chi connectivity index (χ2n) is 11.9. The van der Waals surface area contributed by atoms with Gasteiger partial charge >= 0.3 is 11.9 Å². The summed E-state index contributed by atoms with van der Waals surface area (Å²) in [6, 6.07) is 0. The molecule has 0 spiro atoms. The number of ether oxygens (including phenoxy) is 1. The molecule has 0 bridgehead atoms. The van der Waals surface area contributed by atoms with E-state index in [4.69, 9.17) is 9.84 Å². The number of aliphatic hydroxyl groups excluding tert-OH is 1. The van der Waals surface area contributed by atoms with E-state index in [1.165, 1.54) is 26.2 Å². The Morgan fingerprint density at radius 1 is 1.03 bits per heavy atom. The summed E-state index contributed by atoms with van der Waals surface area (Å²) in [5, 5.41) is 19.5. The number of hydrogen-bond acceptors (Lipinski definition) is 4. The van der Waals surface area contributed by atoms with Crippen LogP contribution < -0.4 is 0 Å². The van der Waals surface area contributed by atoms with Crippen molar-refractivity contribution in [2.24, 2.45) is 46.3 Å². The SMILES string of the molecule is CC(=O)O[C@@H]1C[C@@H]2C[C@H](O)CC[C@]2(C)C2CC[C@@]3(C)C(CC[C@@H]3[C@H](C)CCC(=O)O)C21. The average Bonchev–Trinajstić information content (AvgIpc) is 3.04. The molecule has 10 atom stereocenters. The van der Waals surface area contributed by atoms with Gasteiger partial charge in [0, 0.05) is 19.3 Å².